The van der Waals surface area contributed by atoms with Crippen molar-refractivity contribution in [2.45, 2.75) is 46.1 Å². The average Bonchev–Trinajstić information content (AvgIpc) is 2.76. The van der Waals surface area contributed by atoms with Crippen molar-refractivity contribution in [1.82, 2.24) is 15.3 Å². The second-order valence-corrected chi connectivity index (χ2v) is 6.40. The van der Waals surface area contributed by atoms with Crippen LogP contribution in [0.3, 0.4) is 0 Å². The molecular weight excluding hydrogens is 266 g/mol. The number of aromatic nitrogens is 2. The van der Waals surface area contributed by atoms with Crippen molar-refractivity contribution >= 4 is 11.3 Å². The van der Waals surface area contributed by atoms with Gasteiger partial charge < -0.3 is 5.32 Å². The Morgan fingerprint density at radius 3 is 2.80 bits per heavy atom. The van der Waals surface area contributed by atoms with Crippen LogP contribution in [0.5, 0.6) is 0 Å². The highest BCUT2D eigenvalue weighted by Gasteiger charge is 2.12. The largest absolute Gasteiger partial charge is 0.314 e. The number of aryl methyl sites for hydroxylation is 3. The predicted molar refractivity (Wildman–Crippen MR) is 85.3 cm³/mol. The van der Waals surface area contributed by atoms with Crippen LogP contribution in [-0.2, 0) is 12.8 Å². The van der Waals surface area contributed by atoms with Crippen LogP contribution in [0.15, 0.2) is 24.5 Å². The highest BCUT2D eigenvalue weighted by Crippen LogP contribution is 2.19. The molecule has 1 N–H and O–H groups in total. The van der Waals surface area contributed by atoms with Gasteiger partial charge in [-0.1, -0.05) is 13.0 Å². The Hall–Kier alpha value is -1.26. The molecule has 1 unspecified atom stereocenters. The molecule has 0 aliphatic carbocycles. The van der Waals surface area contributed by atoms with Crippen LogP contribution < -0.4 is 5.32 Å². The Bertz CT molecular complexity index is 502. The minimum atomic E-state index is 0.491. The molecule has 0 amide bonds. The lowest BCUT2D eigenvalue weighted by molar-refractivity contribution is 0.490. The molecule has 2 heterocycles. The lowest BCUT2D eigenvalue weighted by atomic mass is 10.0. The van der Waals surface area contributed by atoms with Gasteiger partial charge in [0.2, 0.25) is 0 Å². The highest BCUT2D eigenvalue weighted by molar-refractivity contribution is 7.11. The Kier molecular flexibility index (Phi) is 5.68. The molecule has 0 aromatic carbocycles. The quantitative estimate of drug-likeness (QED) is 0.850. The van der Waals surface area contributed by atoms with E-state index in [4.69, 9.17) is 0 Å². The number of likely N-dealkylation sites (N-methyl/N-ethyl adjacent to an activating group) is 1. The van der Waals surface area contributed by atoms with E-state index in [1.165, 1.54) is 21.1 Å². The van der Waals surface area contributed by atoms with Crippen LogP contribution in [0.2, 0.25) is 0 Å². The van der Waals surface area contributed by atoms with E-state index < -0.39 is 0 Å². The normalized spacial score (nSPS) is 12.6. The first kappa shape index (κ1) is 15.1. The minimum absolute atomic E-state index is 0.491. The van der Waals surface area contributed by atoms with Gasteiger partial charge in [0.1, 0.15) is 0 Å². The molecule has 108 valence electrons. The maximum atomic E-state index is 4.65. The fourth-order valence-electron chi connectivity index (χ4n) is 2.29. The molecule has 2 aromatic rings. The smallest absolute Gasteiger partial charge is 0.0946 e. The summed E-state index contributed by atoms with van der Waals surface area (Å²) in [7, 11) is 0. The lowest BCUT2D eigenvalue weighted by Crippen LogP contribution is -2.31. The van der Waals surface area contributed by atoms with E-state index in [1.54, 1.807) is 0 Å². The van der Waals surface area contributed by atoms with Gasteiger partial charge in [-0.05, 0) is 44.9 Å². The SMILES string of the molecule is CCNC(CCc1cccnc1)Cc1nc(C)c(C)s1. The van der Waals surface area contributed by atoms with Crippen LogP contribution in [0, 0.1) is 13.8 Å². The molecule has 0 fully saturated rings. The first-order valence-electron chi connectivity index (χ1n) is 7.24. The Labute approximate surface area is 125 Å². The van der Waals surface area contributed by atoms with E-state index in [0.29, 0.717) is 6.04 Å². The molecule has 0 saturated heterocycles. The third kappa shape index (κ3) is 4.39. The fourth-order valence-corrected chi connectivity index (χ4v) is 3.30. The zero-order valence-corrected chi connectivity index (χ0v) is 13.3. The standard InChI is InChI=1S/C16H23N3S/c1-4-18-15(8-7-14-6-5-9-17-11-14)10-16-19-12(2)13(3)20-16/h5-6,9,11,15,18H,4,7-8,10H2,1-3H3. The van der Waals surface area contributed by atoms with Gasteiger partial charge in [-0.15, -0.1) is 11.3 Å². The van der Waals surface area contributed by atoms with Gasteiger partial charge in [-0.25, -0.2) is 4.98 Å². The lowest BCUT2D eigenvalue weighted by Gasteiger charge is -2.16. The summed E-state index contributed by atoms with van der Waals surface area (Å²) >= 11 is 1.83. The maximum Gasteiger partial charge on any atom is 0.0946 e. The number of hydrogen-bond donors (Lipinski definition) is 1. The van der Waals surface area contributed by atoms with E-state index in [-0.39, 0.29) is 0 Å². The topological polar surface area (TPSA) is 37.8 Å². The molecule has 2 aromatic heterocycles. The number of rotatable bonds is 7. The van der Waals surface area contributed by atoms with Crippen molar-refractivity contribution in [2.75, 3.05) is 6.54 Å². The molecule has 0 bridgehead atoms. The van der Waals surface area contributed by atoms with Crippen molar-refractivity contribution in [1.29, 1.82) is 0 Å². The van der Waals surface area contributed by atoms with Gasteiger partial charge in [0, 0.05) is 29.7 Å². The Morgan fingerprint density at radius 1 is 1.35 bits per heavy atom. The summed E-state index contributed by atoms with van der Waals surface area (Å²) in [6, 6.07) is 4.64. The molecule has 3 nitrogen and oxygen atoms in total. The van der Waals surface area contributed by atoms with Crippen LogP contribution in [-0.4, -0.2) is 22.6 Å². The molecule has 0 radical (unpaired) electrons. The number of thiazole rings is 1. The van der Waals surface area contributed by atoms with Gasteiger partial charge in [-0.2, -0.15) is 0 Å². The van der Waals surface area contributed by atoms with Crippen LogP contribution in [0.1, 0.15) is 34.5 Å². The summed E-state index contributed by atoms with van der Waals surface area (Å²) in [4.78, 5) is 10.2. The second-order valence-electron chi connectivity index (χ2n) is 5.11. The monoisotopic (exact) mass is 289 g/mol. The summed E-state index contributed by atoms with van der Waals surface area (Å²) < 4.78 is 0. The fraction of sp³-hybridized carbons (Fsp3) is 0.500. The van der Waals surface area contributed by atoms with Crippen molar-refractivity contribution in [3.05, 3.63) is 45.7 Å². The van der Waals surface area contributed by atoms with E-state index >= 15 is 0 Å². The third-order valence-electron chi connectivity index (χ3n) is 3.49. The third-order valence-corrected chi connectivity index (χ3v) is 4.59. The Balaban J connectivity index is 1.93. The van der Waals surface area contributed by atoms with Crippen molar-refractivity contribution in [2.24, 2.45) is 0 Å². The van der Waals surface area contributed by atoms with E-state index in [9.17, 15) is 0 Å². The first-order valence-corrected chi connectivity index (χ1v) is 8.06. The van der Waals surface area contributed by atoms with Gasteiger partial charge in [-0.3, -0.25) is 4.98 Å². The summed E-state index contributed by atoms with van der Waals surface area (Å²) in [6.45, 7) is 7.40. The molecule has 2 rings (SSSR count). The summed E-state index contributed by atoms with van der Waals surface area (Å²) in [5, 5.41) is 4.82. The molecule has 0 spiro atoms. The molecule has 0 aliphatic heterocycles. The van der Waals surface area contributed by atoms with E-state index in [0.717, 1.165) is 25.8 Å². The minimum Gasteiger partial charge on any atom is -0.314 e. The predicted octanol–water partition coefficient (Wildman–Crippen LogP) is 3.31. The van der Waals surface area contributed by atoms with Gasteiger partial charge in [0.05, 0.1) is 10.7 Å². The van der Waals surface area contributed by atoms with Crippen molar-refractivity contribution in [3.8, 4) is 0 Å². The molecule has 4 heteroatoms. The van der Waals surface area contributed by atoms with Gasteiger partial charge in [0.15, 0.2) is 0 Å². The first-order chi connectivity index (χ1) is 9.69. The average molecular weight is 289 g/mol. The Morgan fingerprint density at radius 2 is 2.20 bits per heavy atom. The summed E-state index contributed by atoms with van der Waals surface area (Å²) in [5.41, 5.74) is 2.48. The van der Waals surface area contributed by atoms with E-state index in [1.807, 2.05) is 29.8 Å². The zero-order chi connectivity index (χ0) is 14.4. The van der Waals surface area contributed by atoms with E-state index in [2.05, 4.69) is 42.1 Å². The number of nitrogens with zero attached hydrogens (tertiary/aromatic N) is 2. The van der Waals surface area contributed by atoms with Crippen LogP contribution in [0.25, 0.3) is 0 Å². The molecule has 0 aliphatic rings. The highest BCUT2D eigenvalue weighted by atomic mass is 32.1. The number of nitrogens with one attached hydrogen (secondary N) is 1. The molecule has 20 heavy (non-hydrogen) atoms. The molecular formula is C16H23N3S. The van der Waals surface area contributed by atoms with Gasteiger partial charge in [0.25, 0.3) is 0 Å². The van der Waals surface area contributed by atoms with Crippen molar-refractivity contribution in [3.63, 3.8) is 0 Å². The van der Waals surface area contributed by atoms with Crippen LogP contribution >= 0.6 is 11.3 Å². The zero-order valence-electron chi connectivity index (χ0n) is 12.5. The summed E-state index contributed by atoms with van der Waals surface area (Å²) in [6.07, 6.45) is 6.99. The van der Waals surface area contributed by atoms with Crippen LogP contribution in [0.4, 0.5) is 0 Å². The van der Waals surface area contributed by atoms with Gasteiger partial charge >= 0.3 is 0 Å². The molecule has 0 saturated carbocycles. The second kappa shape index (κ2) is 7.50. The van der Waals surface area contributed by atoms with Crippen molar-refractivity contribution < 1.29 is 0 Å². The maximum absolute atomic E-state index is 4.65. The molecule has 1 atom stereocenters. The number of pyridine rings is 1. The number of hydrogen-bond acceptors (Lipinski definition) is 4. The summed E-state index contributed by atoms with van der Waals surface area (Å²) in [5.74, 6) is 0.